The fourth-order valence-corrected chi connectivity index (χ4v) is 3.03. The van der Waals surface area contributed by atoms with Gasteiger partial charge in [0.2, 0.25) is 0 Å². The van der Waals surface area contributed by atoms with Crippen molar-refractivity contribution in [2.75, 3.05) is 4.72 Å². The molecule has 6 heteroatoms. The lowest BCUT2D eigenvalue weighted by atomic mass is 10.1. The van der Waals surface area contributed by atoms with Crippen LogP contribution in [0, 0.1) is 6.92 Å². The molecule has 1 aromatic carbocycles. The molecule has 0 atom stereocenters. The molecule has 0 aliphatic heterocycles. The maximum Gasteiger partial charge on any atom is 0.262 e. The number of nitrogens with one attached hydrogen (secondary N) is 1. The quantitative estimate of drug-likeness (QED) is 0.921. The van der Waals surface area contributed by atoms with E-state index in [1.165, 1.54) is 6.20 Å². The summed E-state index contributed by atoms with van der Waals surface area (Å²) in [6, 6.07) is 6.99. The van der Waals surface area contributed by atoms with Gasteiger partial charge in [0.1, 0.15) is 0 Å². The van der Waals surface area contributed by atoms with Crippen LogP contribution < -0.4 is 4.72 Å². The number of sulfonamides is 1. The lowest BCUT2D eigenvalue weighted by Gasteiger charge is -2.08. The Balaban J connectivity index is 2.24. The van der Waals surface area contributed by atoms with Crippen molar-refractivity contribution < 1.29 is 8.42 Å². The summed E-state index contributed by atoms with van der Waals surface area (Å²) in [5.74, 6) is 0. The first-order chi connectivity index (χ1) is 9.44. The van der Waals surface area contributed by atoms with Crippen molar-refractivity contribution in [3.63, 3.8) is 0 Å². The normalized spacial score (nSPS) is 11.6. The van der Waals surface area contributed by atoms with Gasteiger partial charge in [-0.25, -0.2) is 8.42 Å². The SMILES string of the molecule is CCCc1ccc(S(=O)(=O)Nc2cnn(C)c2C)cc1. The summed E-state index contributed by atoms with van der Waals surface area (Å²) in [7, 11) is -1.79. The lowest BCUT2D eigenvalue weighted by Crippen LogP contribution is -2.13. The maximum absolute atomic E-state index is 12.3. The van der Waals surface area contributed by atoms with Crippen LogP contribution in [0.4, 0.5) is 5.69 Å². The number of benzene rings is 1. The largest absolute Gasteiger partial charge is 0.276 e. The zero-order chi connectivity index (χ0) is 14.8. The summed E-state index contributed by atoms with van der Waals surface area (Å²) in [6.07, 6.45) is 3.51. The Morgan fingerprint density at radius 1 is 1.25 bits per heavy atom. The summed E-state index contributed by atoms with van der Waals surface area (Å²) in [4.78, 5) is 0.264. The molecule has 0 radical (unpaired) electrons. The van der Waals surface area contributed by atoms with Gasteiger partial charge in [0.05, 0.1) is 22.5 Å². The van der Waals surface area contributed by atoms with Crippen molar-refractivity contribution in [1.82, 2.24) is 9.78 Å². The van der Waals surface area contributed by atoms with Crippen LogP contribution in [-0.4, -0.2) is 18.2 Å². The van der Waals surface area contributed by atoms with Gasteiger partial charge >= 0.3 is 0 Å². The average Bonchev–Trinajstić information content (AvgIpc) is 2.71. The Kier molecular flexibility index (Phi) is 4.13. The summed E-state index contributed by atoms with van der Waals surface area (Å²) >= 11 is 0. The molecular formula is C14H19N3O2S. The molecule has 1 heterocycles. The first kappa shape index (κ1) is 14.6. The molecule has 1 aromatic heterocycles. The van der Waals surface area contributed by atoms with Crippen molar-refractivity contribution in [2.24, 2.45) is 7.05 Å². The van der Waals surface area contributed by atoms with Crippen molar-refractivity contribution in [3.8, 4) is 0 Å². The van der Waals surface area contributed by atoms with Crippen LogP contribution in [0.25, 0.3) is 0 Å². The van der Waals surface area contributed by atoms with E-state index >= 15 is 0 Å². The van der Waals surface area contributed by atoms with Crippen molar-refractivity contribution >= 4 is 15.7 Å². The topological polar surface area (TPSA) is 64.0 Å². The number of hydrogen-bond acceptors (Lipinski definition) is 3. The average molecular weight is 293 g/mol. The van der Waals surface area contributed by atoms with E-state index < -0.39 is 10.0 Å². The molecule has 0 fully saturated rings. The monoisotopic (exact) mass is 293 g/mol. The molecule has 0 saturated carbocycles. The minimum atomic E-state index is -3.56. The minimum Gasteiger partial charge on any atom is -0.276 e. The number of aromatic nitrogens is 2. The number of rotatable bonds is 5. The van der Waals surface area contributed by atoms with Gasteiger partial charge in [-0.1, -0.05) is 25.5 Å². The van der Waals surface area contributed by atoms with Crippen molar-refractivity contribution in [3.05, 3.63) is 41.7 Å². The van der Waals surface area contributed by atoms with Gasteiger partial charge in [0.15, 0.2) is 0 Å². The van der Waals surface area contributed by atoms with Crippen LogP contribution in [0.15, 0.2) is 35.4 Å². The van der Waals surface area contributed by atoms with E-state index in [1.54, 1.807) is 23.9 Å². The molecule has 0 spiro atoms. The Bertz CT molecular complexity index is 688. The summed E-state index contributed by atoms with van der Waals surface area (Å²) < 4.78 is 28.8. The third kappa shape index (κ3) is 3.01. The van der Waals surface area contributed by atoms with Gasteiger partial charge in [0.25, 0.3) is 10.0 Å². The minimum absolute atomic E-state index is 0.264. The molecule has 0 aliphatic rings. The second kappa shape index (κ2) is 5.66. The van der Waals surface area contributed by atoms with Gasteiger partial charge < -0.3 is 0 Å². The summed E-state index contributed by atoms with van der Waals surface area (Å²) in [5.41, 5.74) is 2.42. The van der Waals surface area contributed by atoms with E-state index in [-0.39, 0.29) is 4.90 Å². The molecule has 0 bridgehead atoms. The molecule has 20 heavy (non-hydrogen) atoms. The van der Waals surface area contributed by atoms with Crippen LogP contribution in [0.1, 0.15) is 24.6 Å². The predicted molar refractivity (Wildman–Crippen MR) is 79.2 cm³/mol. The molecule has 1 N–H and O–H groups in total. The number of nitrogens with zero attached hydrogens (tertiary/aromatic N) is 2. The first-order valence-corrected chi connectivity index (χ1v) is 8.02. The zero-order valence-corrected chi connectivity index (χ0v) is 12.7. The van der Waals surface area contributed by atoms with Gasteiger partial charge in [-0.3, -0.25) is 9.40 Å². The fourth-order valence-electron chi connectivity index (χ4n) is 1.93. The molecule has 0 saturated heterocycles. The van der Waals surface area contributed by atoms with Gasteiger partial charge in [-0.05, 0) is 31.0 Å². The first-order valence-electron chi connectivity index (χ1n) is 6.54. The maximum atomic E-state index is 12.3. The standard InChI is InChI=1S/C14H19N3O2S/c1-4-5-12-6-8-13(9-7-12)20(18,19)16-14-10-15-17(3)11(14)2/h6-10,16H,4-5H2,1-3H3. The molecule has 0 aliphatic carbocycles. The highest BCUT2D eigenvalue weighted by atomic mass is 32.2. The highest BCUT2D eigenvalue weighted by Crippen LogP contribution is 2.19. The third-order valence-electron chi connectivity index (χ3n) is 3.25. The molecule has 0 amide bonds. The van der Waals surface area contributed by atoms with Gasteiger partial charge in [-0.15, -0.1) is 0 Å². The molecule has 2 aromatic rings. The lowest BCUT2D eigenvalue weighted by molar-refractivity contribution is 0.601. The fraction of sp³-hybridized carbons (Fsp3) is 0.357. The van der Waals surface area contributed by atoms with Crippen LogP contribution >= 0.6 is 0 Å². The Hall–Kier alpha value is -1.82. The second-order valence-electron chi connectivity index (χ2n) is 4.77. The van der Waals surface area contributed by atoms with Crippen molar-refractivity contribution in [2.45, 2.75) is 31.6 Å². The Morgan fingerprint density at radius 2 is 1.90 bits per heavy atom. The highest BCUT2D eigenvalue weighted by molar-refractivity contribution is 7.92. The summed E-state index contributed by atoms with van der Waals surface area (Å²) in [5, 5.41) is 4.02. The second-order valence-corrected chi connectivity index (χ2v) is 6.45. The third-order valence-corrected chi connectivity index (χ3v) is 4.63. The Morgan fingerprint density at radius 3 is 2.40 bits per heavy atom. The van der Waals surface area contributed by atoms with Gasteiger partial charge in [0, 0.05) is 7.05 Å². The molecular weight excluding hydrogens is 274 g/mol. The van der Waals surface area contributed by atoms with Gasteiger partial charge in [-0.2, -0.15) is 5.10 Å². The molecule has 5 nitrogen and oxygen atoms in total. The van der Waals surface area contributed by atoms with Crippen LogP contribution in [-0.2, 0) is 23.5 Å². The Labute approximate surface area is 119 Å². The van der Waals surface area contributed by atoms with E-state index in [2.05, 4.69) is 16.7 Å². The van der Waals surface area contributed by atoms with Crippen LogP contribution in [0.5, 0.6) is 0 Å². The van der Waals surface area contributed by atoms with E-state index in [0.29, 0.717) is 5.69 Å². The predicted octanol–water partition coefficient (Wildman–Crippen LogP) is 2.48. The van der Waals surface area contributed by atoms with E-state index in [1.807, 2.05) is 19.1 Å². The molecule has 0 unspecified atom stereocenters. The molecule has 108 valence electrons. The van der Waals surface area contributed by atoms with E-state index in [0.717, 1.165) is 24.1 Å². The van der Waals surface area contributed by atoms with Crippen LogP contribution in [0.3, 0.4) is 0 Å². The van der Waals surface area contributed by atoms with E-state index in [4.69, 9.17) is 0 Å². The summed E-state index contributed by atoms with van der Waals surface area (Å²) in [6.45, 7) is 3.91. The van der Waals surface area contributed by atoms with E-state index in [9.17, 15) is 8.42 Å². The van der Waals surface area contributed by atoms with Crippen LogP contribution in [0.2, 0.25) is 0 Å². The zero-order valence-electron chi connectivity index (χ0n) is 11.9. The number of anilines is 1. The number of hydrogen-bond donors (Lipinski definition) is 1. The highest BCUT2D eigenvalue weighted by Gasteiger charge is 2.16. The smallest absolute Gasteiger partial charge is 0.262 e. The number of aryl methyl sites for hydroxylation is 2. The van der Waals surface area contributed by atoms with Crippen molar-refractivity contribution in [1.29, 1.82) is 0 Å². The molecule has 2 rings (SSSR count).